The van der Waals surface area contributed by atoms with Crippen LogP contribution in [0.25, 0.3) is 0 Å². The number of aliphatic imine (C=N–C) groups is 1. The molecule has 0 saturated heterocycles. The Morgan fingerprint density at radius 2 is 1.81 bits per heavy atom. The largest absolute Gasteiger partial charge is 0.352 e. The topological polar surface area (TPSA) is 82.6 Å². The van der Waals surface area contributed by atoms with Gasteiger partial charge in [-0.3, -0.25) is 4.99 Å². The number of nitrogens with one attached hydrogen (secondary N) is 3. The Kier molecular flexibility index (Phi) is 7.62. The highest BCUT2D eigenvalue weighted by atomic mass is 32.2. The van der Waals surface area contributed by atoms with Crippen LogP contribution in [0.15, 0.2) is 46.1 Å². The second-order valence-corrected chi connectivity index (χ2v) is 8.75. The van der Waals surface area contributed by atoms with Crippen LogP contribution in [-0.4, -0.2) is 27.5 Å². The molecule has 8 heteroatoms. The number of benzene rings is 1. The number of nitrogens with zero attached hydrogens (tertiary/aromatic N) is 1. The van der Waals surface area contributed by atoms with Crippen LogP contribution in [0, 0.1) is 0 Å². The third kappa shape index (κ3) is 6.78. The highest BCUT2D eigenvalue weighted by molar-refractivity contribution is 7.88. The normalized spacial score (nSPS) is 12.4. The number of thiophene rings is 1. The Hall–Kier alpha value is -1.90. The molecule has 0 aliphatic carbocycles. The quantitative estimate of drug-likeness (QED) is 0.474. The van der Waals surface area contributed by atoms with Gasteiger partial charge in [0.05, 0.1) is 5.75 Å². The fraction of sp³-hybridized carbons (Fsp3) is 0.389. The molecule has 2 aromatic rings. The van der Waals surface area contributed by atoms with Crippen molar-refractivity contribution in [3.8, 4) is 0 Å². The predicted molar refractivity (Wildman–Crippen MR) is 109 cm³/mol. The van der Waals surface area contributed by atoms with Crippen LogP contribution in [0.4, 0.5) is 0 Å². The maximum absolute atomic E-state index is 12.2. The summed E-state index contributed by atoms with van der Waals surface area (Å²) >= 11 is 1.66. The number of hydrogen-bond acceptors (Lipinski definition) is 4. The van der Waals surface area contributed by atoms with Gasteiger partial charge in [0.15, 0.2) is 5.96 Å². The van der Waals surface area contributed by atoms with Gasteiger partial charge in [0.1, 0.15) is 0 Å². The Balaban J connectivity index is 1.98. The van der Waals surface area contributed by atoms with Crippen molar-refractivity contribution in [2.45, 2.75) is 38.7 Å². The van der Waals surface area contributed by atoms with E-state index < -0.39 is 10.0 Å². The molecule has 0 bridgehead atoms. The molecular formula is C18H26N4O2S2. The third-order valence-electron chi connectivity index (χ3n) is 3.59. The van der Waals surface area contributed by atoms with Crippen LogP contribution in [0.1, 0.15) is 30.5 Å². The summed E-state index contributed by atoms with van der Waals surface area (Å²) in [5.41, 5.74) is 2.91. The van der Waals surface area contributed by atoms with E-state index in [2.05, 4.69) is 31.8 Å². The minimum absolute atomic E-state index is 0.0377. The highest BCUT2D eigenvalue weighted by Crippen LogP contribution is 2.12. The van der Waals surface area contributed by atoms with E-state index in [-0.39, 0.29) is 11.8 Å². The Morgan fingerprint density at radius 1 is 1.12 bits per heavy atom. The second-order valence-electron chi connectivity index (χ2n) is 6.21. The minimum atomic E-state index is -3.36. The molecule has 0 unspecified atom stereocenters. The van der Waals surface area contributed by atoms with E-state index in [1.54, 1.807) is 18.4 Å². The summed E-state index contributed by atoms with van der Waals surface area (Å²) in [7, 11) is -1.65. The van der Waals surface area contributed by atoms with Gasteiger partial charge in [-0.25, -0.2) is 13.1 Å². The van der Waals surface area contributed by atoms with Crippen LogP contribution >= 0.6 is 11.3 Å². The lowest BCUT2D eigenvalue weighted by molar-refractivity contribution is 0.568. The summed E-state index contributed by atoms with van der Waals surface area (Å²) in [4.78, 5) is 4.21. The number of guanidine groups is 1. The zero-order valence-electron chi connectivity index (χ0n) is 15.3. The molecule has 0 amide bonds. The van der Waals surface area contributed by atoms with Crippen molar-refractivity contribution < 1.29 is 8.42 Å². The zero-order valence-corrected chi connectivity index (χ0v) is 17.0. The van der Waals surface area contributed by atoms with Gasteiger partial charge in [-0.15, -0.1) is 0 Å². The molecule has 1 heterocycles. The van der Waals surface area contributed by atoms with Gasteiger partial charge in [-0.1, -0.05) is 24.3 Å². The fourth-order valence-corrected chi connectivity index (χ4v) is 4.62. The molecule has 0 atom stereocenters. The average Bonchev–Trinajstić information content (AvgIpc) is 3.08. The molecule has 6 nitrogen and oxygen atoms in total. The first-order chi connectivity index (χ1) is 12.4. The van der Waals surface area contributed by atoms with Gasteiger partial charge in [0, 0.05) is 26.2 Å². The molecule has 2 rings (SSSR count). The first-order valence-corrected chi connectivity index (χ1v) is 11.0. The van der Waals surface area contributed by atoms with Gasteiger partial charge in [-0.05, 0) is 47.4 Å². The Labute approximate surface area is 159 Å². The van der Waals surface area contributed by atoms with E-state index in [0.29, 0.717) is 19.0 Å². The van der Waals surface area contributed by atoms with E-state index >= 15 is 0 Å². The van der Waals surface area contributed by atoms with Crippen molar-refractivity contribution in [1.29, 1.82) is 0 Å². The van der Waals surface area contributed by atoms with Crippen molar-refractivity contribution in [3.05, 3.63) is 57.8 Å². The van der Waals surface area contributed by atoms with Gasteiger partial charge >= 0.3 is 0 Å². The van der Waals surface area contributed by atoms with Gasteiger partial charge in [0.25, 0.3) is 0 Å². The first-order valence-electron chi connectivity index (χ1n) is 8.42. The lowest BCUT2D eigenvalue weighted by atomic mass is 10.1. The molecule has 1 aromatic heterocycles. The van der Waals surface area contributed by atoms with Crippen LogP contribution < -0.4 is 15.4 Å². The number of rotatable bonds is 8. The van der Waals surface area contributed by atoms with Crippen molar-refractivity contribution in [3.63, 3.8) is 0 Å². The molecule has 0 radical (unpaired) electrons. The Bertz CT molecular complexity index is 815. The highest BCUT2D eigenvalue weighted by Gasteiger charge is 2.15. The molecule has 142 valence electrons. The Morgan fingerprint density at radius 3 is 2.42 bits per heavy atom. The minimum Gasteiger partial charge on any atom is -0.352 e. The summed E-state index contributed by atoms with van der Waals surface area (Å²) in [6.07, 6.45) is 0. The van der Waals surface area contributed by atoms with E-state index in [1.165, 1.54) is 5.56 Å². The van der Waals surface area contributed by atoms with Crippen molar-refractivity contribution in [1.82, 2.24) is 15.4 Å². The molecular weight excluding hydrogens is 368 g/mol. The molecule has 1 aromatic carbocycles. The molecule has 0 fully saturated rings. The third-order valence-corrected chi connectivity index (χ3v) is 5.84. The molecule has 0 aliphatic rings. The molecule has 0 aliphatic heterocycles. The summed E-state index contributed by atoms with van der Waals surface area (Å²) in [5, 5.41) is 10.6. The van der Waals surface area contributed by atoms with Crippen molar-refractivity contribution in [2.24, 2.45) is 4.99 Å². The van der Waals surface area contributed by atoms with Gasteiger partial charge < -0.3 is 10.6 Å². The standard InChI is InChI=1S/C18H26N4O2S2/c1-14(2)22-26(23,24)13-17-7-5-4-6-16(17)11-21-18(19-3)20-10-15-8-9-25-12-15/h4-9,12,14,22H,10-11,13H2,1-3H3,(H2,19,20,21). The van der Waals surface area contributed by atoms with E-state index in [9.17, 15) is 8.42 Å². The summed E-state index contributed by atoms with van der Waals surface area (Å²) in [6.45, 7) is 4.82. The van der Waals surface area contributed by atoms with Crippen molar-refractivity contribution >= 4 is 27.3 Å². The maximum Gasteiger partial charge on any atom is 0.216 e. The summed E-state index contributed by atoms with van der Waals surface area (Å²) < 4.78 is 27.1. The van der Waals surface area contributed by atoms with Crippen LogP contribution in [0.3, 0.4) is 0 Å². The molecule has 26 heavy (non-hydrogen) atoms. The number of sulfonamides is 1. The molecule has 0 saturated carbocycles. The molecule has 3 N–H and O–H groups in total. The monoisotopic (exact) mass is 394 g/mol. The lowest BCUT2D eigenvalue weighted by Gasteiger charge is -2.15. The average molecular weight is 395 g/mol. The predicted octanol–water partition coefficient (Wildman–Crippen LogP) is 2.44. The van der Waals surface area contributed by atoms with Crippen molar-refractivity contribution in [2.75, 3.05) is 7.05 Å². The zero-order chi connectivity index (χ0) is 19.0. The molecule has 0 spiro atoms. The summed E-state index contributed by atoms with van der Waals surface area (Å²) in [6, 6.07) is 9.48. The summed E-state index contributed by atoms with van der Waals surface area (Å²) in [5.74, 6) is 0.637. The van der Waals surface area contributed by atoms with E-state index in [4.69, 9.17) is 0 Å². The lowest BCUT2D eigenvalue weighted by Crippen LogP contribution is -2.36. The SMILES string of the molecule is CN=C(NCc1ccsc1)NCc1ccccc1CS(=O)(=O)NC(C)C. The van der Waals surface area contributed by atoms with E-state index in [0.717, 1.165) is 11.1 Å². The van der Waals surface area contributed by atoms with Gasteiger partial charge in [-0.2, -0.15) is 11.3 Å². The van der Waals surface area contributed by atoms with Gasteiger partial charge in [0.2, 0.25) is 10.0 Å². The smallest absolute Gasteiger partial charge is 0.216 e. The maximum atomic E-state index is 12.2. The van der Waals surface area contributed by atoms with E-state index in [1.807, 2.05) is 43.5 Å². The van der Waals surface area contributed by atoms with Crippen LogP contribution in [-0.2, 0) is 28.9 Å². The fourth-order valence-electron chi connectivity index (χ4n) is 2.45. The van der Waals surface area contributed by atoms with Crippen LogP contribution in [0.2, 0.25) is 0 Å². The second kappa shape index (κ2) is 9.70. The van der Waals surface area contributed by atoms with Crippen LogP contribution in [0.5, 0.6) is 0 Å². The number of hydrogen-bond donors (Lipinski definition) is 3. The first kappa shape index (κ1) is 20.4.